The topological polar surface area (TPSA) is 74.8 Å². The molecule has 2 aromatic heterocycles. The van der Waals surface area contributed by atoms with Crippen LogP contribution in [0.2, 0.25) is 0 Å². The molecule has 0 fully saturated rings. The predicted octanol–water partition coefficient (Wildman–Crippen LogP) is 4.66. The van der Waals surface area contributed by atoms with Gasteiger partial charge in [0, 0.05) is 17.1 Å². The largest absolute Gasteiger partial charge is 0.350 e. The lowest BCUT2D eigenvalue weighted by molar-refractivity contribution is -0.121. The van der Waals surface area contributed by atoms with E-state index >= 15 is 0 Å². The zero-order valence-corrected chi connectivity index (χ0v) is 18.2. The highest BCUT2D eigenvalue weighted by Crippen LogP contribution is 2.30. The van der Waals surface area contributed by atoms with Gasteiger partial charge < -0.3 is 10.3 Å². The second-order valence-corrected chi connectivity index (χ2v) is 9.53. The maximum absolute atomic E-state index is 12.4. The SMILES string of the molecule is Cc1sc2nc([C@H](C)SCCC(=O)N[C@H](C)c3ccccc3)[nH]c(=O)c2c1C. The smallest absolute Gasteiger partial charge is 0.259 e. The summed E-state index contributed by atoms with van der Waals surface area (Å²) in [6.07, 6.45) is 0.426. The summed E-state index contributed by atoms with van der Waals surface area (Å²) in [5.41, 5.74) is 2.02. The van der Waals surface area contributed by atoms with Crippen LogP contribution < -0.4 is 10.9 Å². The molecule has 3 aromatic rings. The highest BCUT2D eigenvalue weighted by atomic mass is 32.2. The van der Waals surface area contributed by atoms with Crippen LogP contribution in [0.3, 0.4) is 0 Å². The van der Waals surface area contributed by atoms with E-state index < -0.39 is 0 Å². The minimum Gasteiger partial charge on any atom is -0.350 e. The third kappa shape index (κ3) is 4.64. The van der Waals surface area contributed by atoms with E-state index in [1.54, 1.807) is 23.1 Å². The Hall–Kier alpha value is -2.12. The average molecular weight is 416 g/mol. The lowest BCUT2D eigenvalue weighted by Crippen LogP contribution is -2.26. The van der Waals surface area contributed by atoms with Gasteiger partial charge in [0.15, 0.2) is 0 Å². The number of nitrogens with one attached hydrogen (secondary N) is 2. The second kappa shape index (κ2) is 8.92. The molecule has 0 saturated carbocycles. The molecule has 2 heterocycles. The molecule has 7 heteroatoms. The minimum atomic E-state index is -0.0799. The van der Waals surface area contributed by atoms with Crippen molar-refractivity contribution in [2.75, 3.05) is 5.75 Å². The molecule has 0 saturated heterocycles. The van der Waals surface area contributed by atoms with Crippen molar-refractivity contribution in [1.82, 2.24) is 15.3 Å². The molecular weight excluding hydrogens is 390 g/mol. The van der Waals surface area contributed by atoms with Gasteiger partial charge in [0.1, 0.15) is 10.7 Å². The molecule has 0 bridgehead atoms. The number of amides is 1. The number of benzene rings is 1. The van der Waals surface area contributed by atoms with E-state index in [1.807, 2.05) is 58.0 Å². The highest BCUT2D eigenvalue weighted by molar-refractivity contribution is 7.99. The first-order chi connectivity index (χ1) is 13.4. The van der Waals surface area contributed by atoms with Crippen LogP contribution in [-0.2, 0) is 4.79 Å². The number of fused-ring (bicyclic) bond motifs is 1. The Bertz CT molecular complexity index is 1030. The molecule has 1 aromatic carbocycles. The number of aromatic nitrogens is 2. The van der Waals surface area contributed by atoms with Gasteiger partial charge in [0.05, 0.1) is 16.7 Å². The summed E-state index contributed by atoms with van der Waals surface area (Å²) < 4.78 is 0. The molecule has 0 aliphatic rings. The predicted molar refractivity (Wildman–Crippen MR) is 118 cm³/mol. The first-order valence-electron chi connectivity index (χ1n) is 9.32. The fourth-order valence-electron chi connectivity index (χ4n) is 3.01. The molecule has 0 aliphatic heterocycles. The molecular formula is C21H25N3O2S2. The molecule has 0 unspecified atom stereocenters. The lowest BCUT2D eigenvalue weighted by Gasteiger charge is -2.15. The number of thiophene rings is 1. The lowest BCUT2D eigenvalue weighted by atomic mass is 10.1. The van der Waals surface area contributed by atoms with Crippen LogP contribution in [0, 0.1) is 13.8 Å². The van der Waals surface area contributed by atoms with Gasteiger partial charge >= 0.3 is 0 Å². The standard InChI is InChI=1S/C21H25N3O2S2/c1-12-14(3)28-21-18(12)20(26)23-19(24-21)15(4)27-11-10-17(25)22-13(2)16-8-6-5-7-9-16/h5-9,13,15H,10-11H2,1-4H3,(H,22,25)(H,23,24,26)/t13-,15+/m1/s1. The molecule has 0 spiro atoms. The number of thioether (sulfide) groups is 1. The molecule has 0 radical (unpaired) electrons. The second-order valence-electron chi connectivity index (χ2n) is 6.88. The minimum absolute atomic E-state index is 0.0122. The molecule has 148 valence electrons. The Labute approximate surface area is 173 Å². The Balaban J connectivity index is 1.55. The normalized spacial score (nSPS) is 13.4. The van der Waals surface area contributed by atoms with Crippen molar-refractivity contribution in [2.45, 2.75) is 45.4 Å². The average Bonchev–Trinajstić information content (AvgIpc) is 2.96. The summed E-state index contributed by atoms with van der Waals surface area (Å²) in [6, 6.07) is 9.90. The Kier molecular flexibility index (Phi) is 6.57. The van der Waals surface area contributed by atoms with E-state index in [0.29, 0.717) is 23.4 Å². The highest BCUT2D eigenvalue weighted by Gasteiger charge is 2.16. The number of hydrogen-bond donors (Lipinski definition) is 2. The van der Waals surface area contributed by atoms with Crippen LogP contribution in [0.4, 0.5) is 0 Å². The van der Waals surface area contributed by atoms with Gasteiger partial charge in [0.2, 0.25) is 5.91 Å². The van der Waals surface area contributed by atoms with Crippen molar-refractivity contribution in [2.24, 2.45) is 0 Å². The van der Waals surface area contributed by atoms with Crippen molar-refractivity contribution in [3.8, 4) is 0 Å². The quantitative estimate of drug-likeness (QED) is 0.588. The molecule has 28 heavy (non-hydrogen) atoms. The van der Waals surface area contributed by atoms with Gasteiger partial charge in [-0.05, 0) is 38.8 Å². The van der Waals surface area contributed by atoms with Gasteiger partial charge in [-0.15, -0.1) is 11.3 Å². The molecule has 5 nitrogen and oxygen atoms in total. The number of H-pyrrole nitrogens is 1. The van der Waals surface area contributed by atoms with Gasteiger partial charge in [-0.2, -0.15) is 11.8 Å². The summed E-state index contributed by atoms with van der Waals surface area (Å²) in [6.45, 7) is 7.95. The zero-order valence-electron chi connectivity index (χ0n) is 16.5. The van der Waals surface area contributed by atoms with Crippen LogP contribution in [0.15, 0.2) is 35.1 Å². The van der Waals surface area contributed by atoms with E-state index in [0.717, 1.165) is 20.8 Å². The summed E-state index contributed by atoms with van der Waals surface area (Å²) in [4.78, 5) is 34.1. The number of aromatic amines is 1. The number of rotatable bonds is 7. The summed E-state index contributed by atoms with van der Waals surface area (Å²) in [5, 5.41) is 3.73. The zero-order chi connectivity index (χ0) is 20.3. The number of aryl methyl sites for hydroxylation is 2. The fourth-order valence-corrected chi connectivity index (χ4v) is 4.97. The maximum atomic E-state index is 12.4. The first kappa shape index (κ1) is 20.6. The van der Waals surface area contributed by atoms with Gasteiger partial charge in [-0.1, -0.05) is 30.3 Å². The maximum Gasteiger partial charge on any atom is 0.259 e. The van der Waals surface area contributed by atoms with E-state index in [2.05, 4.69) is 15.3 Å². The van der Waals surface area contributed by atoms with E-state index in [4.69, 9.17) is 0 Å². The van der Waals surface area contributed by atoms with Gasteiger partial charge in [0.25, 0.3) is 5.56 Å². The summed E-state index contributed by atoms with van der Waals surface area (Å²) >= 11 is 3.17. The Morgan fingerprint density at radius 1 is 1.25 bits per heavy atom. The van der Waals surface area contributed by atoms with E-state index in [1.165, 1.54) is 0 Å². The van der Waals surface area contributed by atoms with E-state index in [-0.39, 0.29) is 22.8 Å². The number of carbonyl (C=O) groups excluding carboxylic acids is 1. The number of carbonyl (C=O) groups is 1. The van der Waals surface area contributed by atoms with E-state index in [9.17, 15) is 9.59 Å². The van der Waals surface area contributed by atoms with Crippen LogP contribution in [0.25, 0.3) is 10.2 Å². The molecule has 1 amide bonds. The van der Waals surface area contributed by atoms with Crippen molar-refractivity contribution in [3.63, 3.8) is 0 Å². The van der Waals surface area contributed by atoms with Crippen LogP contribution >= 0.6 is 23.1 Å². The van der Waals surface area contributed by atoms with Gasteiger partial charge in [-0.3, -0.25) is 9.59 Å². The Morgan fingerprint density at radius 2 is 1.96 bits per heavy atom. The van der Waals surface area contributed by atoms with Crippen molar-refractivity contribution < 1.29 is 4.79 Å². The van der Waals surface area contributed by atoms with Crippen molar-refractivity contribution in [1.29, 1.82) is 0 Å². The molecule has 2 atom stereocenters. The summed E-state index contributed by atoms with van der Waals surface area (Å²) in [5.74, 6) is 1.36. The van der Waals surface area contributed by atoms with Crippen molar-refractivity contribution >= 4 is 39.2 Å². The number of hydrogen-bond acceptors (Lipinski definition) is 5. The molecule has 2 N–H and O–H groups in total. The number of nitrogens with zero attached hydrogens (tertiary/aromatic N) is 1. The molecule has 3 rings (SSSR count). The monoisotopic (exact) mass is 415 g/mol. The Morgan fingerprint density at radius 3 is 2.68 bits per heavy atom. The van der Waals surface area contributed by atoms with Crippen LogP contribution in [-0.4, -0.2) is 21.6 Å². The van der Waals surface area contributed by atoms with Crippen molar-refractivity contribution in [3.05, 3.63) is 62.5 Å². The van der Waals surface area contributed by atoms with Crippen LogP contribution in [0.5, 0.6) is 0 Å². The summed E-state index contributed by atoms with van der Waals surface area (Å²) in [7, 11) is 0. The first-order valence-corrected chi connectivity index (χ1v) is 11.2. The fraction of sp³-hybridized carbons (Fsp3) is 0.381. The van der Waals surface area contributed by atoms with Crippen LogP contribution in [0.1, 0.15) is 53.4 Å². The van der Waals surface area contributed by atoms with Gasteiger partial charge in [-0.25, -0.2) is 4.98 Å². The molecule has 0 aliphatic carbocycles. The third-order valence-electron chi connectivity index (χ3n) is 4.82. The third-order valence-corrected chi connectivity index (χ3v) is 7.08.